The third-order valence-electron chi connectivity index (χ3n) is 4.43. The van der Waals surface area contributed by atoms with Crippen LogP contribution in [0.4, 0.5) is 17.3 Å². The van der Waals surface area contributed by atoms with Gasteiger partial charge in [0.05, 0.1) is 0 Å². The number of anilines is 3. The summed E-state index contributed by atoms with van der Waals surface area (Å²) in [6.45, 7) is 6.51. The maximum absolute atomic E-state index is 6.28. The minimum Gasteiger partial charge on any atom is -0.393 e. The number of piperidine rings is 1. The van der Waals surface area contributed by atoms with Crippen LogP contribution in [0, 0.1) is 0 Å². The first kappa shape index (κ1) is 15.8. The van der Waals surface area contributed by atoms with Crippen LogP contribution in [-0.2, 0) is 0 Å². The molecule has 21 heavy (non-hydrogen) atoms. The van der Waals surface area contributed by atoms with Crippen molar-refractivity contribution in [1.82, 2.24) is 14.9 Å². The summed E-state index contributed by atoms with van der Waals surface area (Å²) in [7, 11) is 4.26. The van der Waals surface area contributed by atoms with Gasteiger partial charge in [0.2, 0.25) is 0 Å². The van der Waals surface area contributed by atoms with E-state index in [1.54, 1.807) is 6.33 Å². The van der Waals surface area contributed by atoms with Crippen LogP contribution in [0.25, 0.3) is 0 Å². The number of aromatic nitrogens is 2. The molecule has 6 heteroatoms. The number of nitrogens with one attached hydrogen (secondary N) is 1. The fraction of sp³-hybridized carbons (Fsp3) is 0.733. The van der Waals surface area contributed by atoms with E-state index in [1.807, 2.05) is 0 Å². The SMILES string of the molecule is CCC(C)Nc1ncnc(N(C)C2CCN(C)CC2)c1N. The molecule has 6 nitrogen and oxygen atoms in total. The van der Waals surface area contributed by atoms with E-state index in [4.69, 9.17) is 5.73 Å². The average molecular weight is 292 g/mol. The number of nitrogens with two attached hydrogens (primary N) is 1. The third-order valence-corrected chi connectivity index (χ3v) is 4.43. The van der Waals surface area contributed by atoms with Crippen molar-refractivity contribution in [3.8, 4) is 0 Å². The maximum atomic E-state index is 6.28. The Hall–Kier alpha value is -1.56. The topological polar surface area (TPSA) is 70.3 Å². The lowest BCUT2D eigenvalue weighted by atomic mass is 10.0. The predicted octanol–water partition coefficient (Wildman–Crippen LogP) is 1.80. The summed E-state index contributed by atoms with van der Waals surface area (Å²) in [6, 6.07) is 0.846. The highest BCUT2D eigenvalue weighted by atomic mass is 15.2. The first-order chi connectivity index (χ1) is 10.0. The summed E-state index contributed by atoms with van der Waals surface area (Å²) in [5.41, 5.74) is 6.93. The van der Waals surface area contributed by atoms with Crippen molar-refractivity contribution in [3.63, 3.8) is 0 Å². The molecule has 2 heterocycles. The molecule has 1 aliphatic rings. The summed E-state index contributed by atoms with van der Waals surface area (Å²) in [4.78, 5) is 13.3. The van der Waals surface area contributed by atoms with Gasteiger partial charge >= 0.3 is 0 Å². The van der Waals surface area contributed by atoms with Gasteiger partial charge in [0.1, 0.15) is 12.0 Å². The summed E-state index contributed by atoms with van der Waals surface area (Å²) in [6.07, 6.45) is 4.92. The second kappa shape index (κ2) is 6.93. The van der Waals surface area contributed by atoms with E-state index in [0.717, 1.165) is 44.0 Å². The Morgan fingerprint density at radius 1 is 1.43 bits per heavy atom. The van der Waals surface area contributed by atoms with E-state index in [1.165, 1.54) is 0 Å². The van der Waals surface area contributed by atoms with Crippen LogP contribution in [0.15, 0.2) is 6.33 Å². The van der Waals surface area contributed by atoms with Crippen molar-refractivity contribution >= 4 is 17.3 Å². The molecule has 1 unspecified atom stereocenters. The van der Waals surface area contributed by atoms with E-state index in [0.29, 0.717) is 17.8 Å². The van der Waals surface area contributed by atoms with Crippen LogP contribution in [0.3, 0.4) is 0 Å². The van der Waals surface area contributed by atoms with Crippen LogP contribution in [0.2, 0.25) is 0 Å². The van der Waals surface area contributed by atoms with Crippen LogP contribution >= 0.6 is 0 Å². The largest absolute Gasteiger partial charge is 0.393 e. The van der Waals surface area contributed by atoms with Gasteiger partial charge in [-0.2, -0.15) is 0 Å². The van der Waals surface area contributed by atoms with Gasteiger partial charge in [0.15, 0.2) is 11.6 Å². The molecule has 118 valence electrons. The summed E-state index contributed by atoms with van der Waals surface area (Å²) >= 11 is 0. The van der Waals surface area contributed by atoms with Gasteiger partial charge in [-0.25, -0.2) is 9.97 Å². The van der Waals surface area contributed by atoms with Crippen LogP contribution < -0.4 is 16.0 Å². The van der Waals surface area contributed by atoms with E-state index < -0.39 is 0 Å². The lowest BCUT2D eigenvalue weighted by Crippen LogP contribution is -2.42. The van der Waals surface area contributed by atoms with Gasteiger partial charge in [0.25, 0.3) is 0 Å². The standard InChI is InChI=1S/C15H28N6/c1-5-11(2)19-14-13(16)15(18-10-17-14)21(4)12-6-8-20(3)9-7-12/h10-12H,5-9,16H2,1-4H3,(H,17,18,19). The van der Waals surface area contributed by atoms with Gasteiger partial charge < -0.3 is 20.9 Å². The molecule has 1 saturated heterocycles. The van der Waals surface area contributed by atoms with Gasteiger partial charge in [-0.05, 0) is 46.3 Å². The van der Waals surface area contributed by atoms with E-state index >= 15 is 0 Å². The second-order valence-corrected chi connectivity index (χ2v) is 6.06. The smallest absolute Gasteiger partial charge is 0.157 e. The normalized spacial score (nSPS) is 18.5. The molecule has 0 amide bonds. The molecule has 0 saturated carbocycles. The zero-order valence-corrected chi connectivity index (χ0v) is 13.6. The average Bonchev–Trinajstić information content (AvgIpc) is 2.49. The number of likely N-dealkylation sites (tertiary alicyclic amines) is 1. The fourth-order valence-electron chi connectivity index (χ4n) is 2.67. The van der Waals surface area contributed by atoms with E-state index in [9.17, 15) is 0 Å². The third kappa shape index (κ3) is 3.75. The second-order valence-electron chi connectivity index (χ2n) is 6.06. The summed E-state index contributed by atoms with van der Waals surface area (Å²) < 4.78 is 0. The molecule has 0 spiro atoms. The minimum absolute atomic E-state index is 0.351. The molecule has 1 atom stereocenters. The Bertz CT molecular complexity index is 455. The van der Waals surface area contributed by atoms with Crippen molar-refractivity contribution in [2.75, 3.05) is 43.1 Å². The van der Waals surface area contributed by atoms with Crippen molar-refractivity contribution in [1.29, 1.82) is 0 Å². The molecule has 0 bridgehead atoms. The van der Waals surface area contributed by atoms with Gasteiger partial charge in [-0.1, -0.05) is 6.92 Å². The maximum Gasteiger partial charge on any atom is 0.157 e. The molecule has 2 rings (SSSR count). The highest BCUT2D eigenvalue weighted by Gasteiger charge is 2.23. The zero-order chi connectivity index (χ0) is 15.4. The van der Waals surface area contributed by atoms with E-state index in [-0.39, 0.29) is 0 Å². The number of hydrogen-bond acceptors (Lipinski definition) is 6. The molecule has 1 aromatic rings. The molecule has 1 fully saturated rings. The summed E-state index contributed by atoms with van der Waals surface area (Å²) in [5.74, 6) is 1.58. The Kier molecular flexibility index (Phi) is 5.22. The number of hydrogen-bond donors (Lipinski definition) is 2. The van der Waals surface area contributed by atoms with Crippen LogP contribution in [0.1, 0.15) is 33.1 Å². The lowest BCUT2D eigenvalue weighted by molar-refractivity contribution is 0.252. The molecule has 0 aromatic carbocycles. The molecule has 1 aliphatic heterocycles. The Balaban J connectivity index is 2.13. The number of nitrogens with zero attached hydrogens (tertiary/aromatic N) is 4. The number of rotatable bonds is 5. The highest BCUT2D eigenvalue weighted by molar-refractivity contribution is 5.75. The lowest BCUT2D eigenvalue weighted by Gasteiger charge is -2.36. The molecule has 0 radical (unpaired) electrons. The Morgan fingerprint density at radius 3 is 2.71 bits per heavy atom. The van der Waals surface area contributed by atoms with Crippen molar-refractivity contribution in [2.45, 2.75) is 45.2 Å². The van der Waals surface area contributed by atoms with Crippen molar-refractivity contribution in [3.05, 3.63) is 6.33 Å². The fourth-order valence-corrected chi connectivity index (χ4v) is 2.67. The molecular weight excluding hydrogens is 264 g/mol. The Labute approximate surface area is 127 Å². The molecular formula is C15H28N6. The summed E-state index contributed by atoms with van der Waals surface area (Å²) in [5, 5.41) is 3.35. The monoisotopic (exact) mass is 292 g/mol. The minimum atomic E-state index is 0.351. The van der Waals surface area contributed by atoms with Crippen LogP contribution in [-0.4, -0.2) is 54.1 Å². The molecule has 1 aromatic heterocycles. The molecule has 3 N–H and O–H groups in total. The van der Waals surface area contributed by atoms with Crippen molar-refractivity contribution < 1.29 is 0 Å². The first-order valence-corrected chi connectivity index (χ1v) is 7.81. The zero-order valence-electron chi connectivity index (χ0n) is 13.6. The quantitative estimate of drug-likeness (QED) is 0.862. The van der Waals surface area contributed by atoms with Gasteiger partial charge in [-0.3, -0.25) is 0 Å². The predicted molar refractivity (Wildman–Crippen MR) is 88.7 cm³/mol. The van der Waals surface area contributed by atoms with Gasteiger partial charge in [-0.15, -0.1) is 0 Å². The number of nitrogen functional groups attached to an aromatic ring is 1. The van der Waals surface area contributed by atoms with Crippen molar-refractivity contribution in [2.24, 2.45) is 0 Å². The van der Waals surface area contributed by atoms with Crippen LogP contribution in [0.5, 0.6) is 0 Å². The van der Waals surface area contributed by atoms with E-state index in [2.05, 4.69) is 53.0 Å². The van der Waals surface area contributed by atoms with Gasteiger partial charge in [0, 0.05) is 19.1 Å². The Morgan fingerprint density at radius 2 is 2.10 bits per heavy atom. The first-order valence-electron chi connectivity index (χ1n) is 7.81. The molecule has 0 aliphatic carbocycles. The highest BCUT2D eigenvalue weighted by Crippen LogP contribution is 2.29.